The van der Waals surface area contributed by atoms with E-state index in [1.807, 2.05) is 0 Å². The molecule has 1 aliphatic heterocycles. The van der Waals surface area contributed by atoms with E-state index in [0.29, 0.717) is 11.3 Å². The number of rotatable bonds is 4. The standard InChI is InChI=1S/C18H16F2N2O2/c1-11(12-5-7-14(19)8-6-12)21-18(23)17-10-16(22-24-17)13-3-2-4-15(20)9-13/h2-9,11,17H,10H2,1H3,(H,21,23)/t11-,17-/m0/s1. The van der Waals surface area contributed by atoms with Crippen LogP contribution in [0.1, 0.15) is 30.5 Å². The van der Waals surface area contributed by atoms with Crippen LogP contribution in [0.4, 0.5) is 8.78 Å². The van der Waals surface area contributed by atoms with Gasteiger partial charge in [-0.3, -0.25) is 4.79 Å². The highest BCUT2D eigenvalue weighted by atomic mass is 19.1. The van der Waals surface area contributed by atoms with Gasteiger partial charge in [0.05, 0.1) is 11.8 Å². The maximum Gasteiger partial charge on any atom is 0.264 e. The Morgan fingerprint density at radius 1 is 1.21 bits per heavy atom. The molecule has 0 fully saturated rings. The van der Waals surface area contributed by atoms with E-state index in [9.17, 15) is 13.6 Å². The van der Waals surface area contributed by atoms with Crippen molar-refractivity contribution in [3.63, 3.8) is 0 Å². The molecule has 1 heterocycles. The lowest BCUT2D eigenvalue weighted by Gasteiger charge is -2.16. The first kappa shape index (κ1) is 16.1. The van der Waals surface area contributed by atoms with Crippen LogP contribution in [0.2, 0.25) is 0 Å². The van der Waals surface area contributed by atoms with Crippen LogP contribution in [-0.2, 0) is 9.63 Å². The molecule has 0 saturated heterocycles. The van der Waals surface area contributed by atoms with Gasteiger partial charge in [0.1, 0.15) is 11.6 Å². The predicted molar refractivity (Wildman–Crippen MR) is 85.4 cm³/mol. The molecule has 1 N–H and O–H groups in total. The summed E-state index contributed by atoms with van der Waals surface area (Å²) in [6.45, 7) is 1.80. The number of nitrogens with zero attached hydrogens (tertiary/aromatic N) is 1. The van der Waals surface area contributed by atoms with Gasteiger partial charge in [-0.1, -0.05) is 29.4 Å². The number of oxime groups is 1. The van der Waals surface area contributed by atoms with Gasteiger partial charge in [-0.05, 0) is 36.8 Å². The van der Waals surface area contributed by atoms with Crippen molar-refractivity contribution in [2.24, 2.45) is 5.16 Å². The molecule has 2 atom stereocenters. The van der Waals surface area contributed by atoms with Gasteiger partial charge in [-0.2, -0.15) is 0 Å². The van der Waals surface area contributed by atoms with Gasteiger partial charge in [0.15, 0.2) is 0 Å². The van der Waals surface area contributed by atoms with Crippen LogP contribution in [0.25, 0.3) is 0 Å². The van der Waals surface area contributed by atoms with Crippen LogP contribution in [0.15, 0.2) is 53.7 Å². The Hall–Kier alpha value is -2.76. The molecule has 3 rings (SSSR count). The topological polar surface area (TPSA) is 50.7 Å². The van der Waals surface area contributed by atoms with Gasteiger partial charge in [0, 0.05) is 12.0 Å². The van der Waals surface area contributed by atoms with Crippen LogP contribution < -0.4 is 5.32 Å². The second-order valence-electron chi connectivity index (χ2n) is 5.63. The molecular formula is C18H16F2N2O2. The Morgan fingerprint density at radius 3 is 2.67 bits per heavy atom. The second kappa shape index (κ2) is 6.78. The van der Waals surface area contributed by atoms with Crippen LogP contribution in [0.3, 0.4) is 0 Å². The predicted octanol–water partition coefficient (Wildman–Crippen LogP) is 3.34. The van der Waals surface area contributed by atoms with E-state index >= 15 is 0 Å². The zero-order valence-corrected chi connectivity index (χ0v) is 13.0. The fraction of sp³-hybridized carbons (Fsp3) is 0.222. The van der Waals surface area contributed by atoms with Crippen LogP contribution >= 0.6 is 0 Å². The van der Waals surface area contributed by atoms with Crippen molar-refractivity contribution in [2.75, 3.05) is 0 Å². The van der Waals surface area contributed by atoms with Gasteiger partial charge in [-0.25, -0.2) is 8.78 Å². The molecule has 1 amide bonds. The van der Waals surface area contributed by atoms with Crippen molar-refractivity contribution in [1.29, 1.82) is 0 Å². The summed E-state index contributed by atoms with van der Waals surface area (Å²) >= 11 is 0. The quantitative estimate of drug-likeness (QED) is 0.935. The molecule has 0 aliphatic carbocycles. The molecule has 0 radical (unpaired) electrons. The maximum atomic E-state index is 13.3. The van der Waals surface area contributed by atoms with E-state index in [-0.39, 0.29) is 30.0 Å². The first-order valence-electron chi connectivity index (χ1n) is 7.57. The maximum absolute atomic E-state index is 13.3. The molecule has 4 nitrogen and oxygen atoms in total. The Labute approximate surface area is 138 Å². The normalized spacial score (nSPS) is 17.8. The van der Waals surface area contributed by atoms with Crippen molar-refractivity contribution in [3.8, 4) is 0 Å². The third-order valence-corrected chi connectivity index (χ3v) is 3.85. The van der Waals surface area contributed by atoms with E-state index in [1.54, 1.807) is 31.2 Å². The minimum Gasteiger partial charge on any atom is -0.382 e. The van der Waals surface area contributed by atoms with Crippen molar-refractivity contribution in [1.82, 2.24) is 5.32 Å². The molecule has 0 saturated carbocycles. The summed E-state index contributed by atoms with van der Waals surface area (Å²) in [6, 6.07) is 11.6. The monoisotopic (exact) mass is 330 g/mol. The molecule has 24 heavy (non-hydrogen) atoms. The third kappa shape index (κ3) is 3.59. The largest absolute Gasteiger partial charge is 0.382 e. The number of benzene rings is 2. The highest BCUT2D eigenvalue weighted by Crippen LogP contribution is 2.19. The Kier molecular flexibility index (Phi) is 4.55. The van der Waals surface area contributed by atoms with Gasteiger partial charge < -0.3 is 10.2 Å². The molecule has 0 aromatic heterocycles. The molecule has 0 unspecified atom stereocenters. The third-order valence-electron chi connectivity index (χ3n) is 3.85. The average molecular weight is 330 g/mol. The van der Waals surface area contributed by atoms with Gasteiger partial charge in [-0.15, -0.1) is 0 Å². The molecule has 2 aromatic rings. The first-order valence-corrected chi connectivity index (χ1v) is 7.57. The first-order chi connectivity index (χ1) is 11.5. The number of carbonyl (C=O) groups excluding carboxylic acids is 1. The zero-order chi connectivity index (χ0) is 17.1. The number of halogens is 2. The molecule has 6 heteroatoms. The van der Waals surface area contributed by atoms with Crippen LogP contribution in [0.5, 0.6) is 0 Å². The molecule has 0 spiro atoms. The van der Waals surface area contributed by atoms with Crippen molar-refractivity contribution in [3.05, 3.63) is 71.3 Å². The number of hydrogen-bond donors (Lipinski definition) is 1. The van der Waals surface area contributed by atoms with E-state index in [1.165, 1.54) is 24.3 Å². The summed E-state index contributed by atoms with van der Waals surface area (Å²) < 4.78 is 26.2. The zero-order valence-electron chi connectivity index (χ0n) is 13.0. The highest BCUT2D eigenvalue weighted by Gasteiger charge is 2.29. The highest BCUT2D eigenvalue weighted by molar-refractivity contribution is 6.04. The molecule has 124 valence electrons. The summed E-state index contributed by atoms with van der Waals surface area (Å²) in [5.41, 5.74) is 1.91. The van der Waals surface area contributed by atoms with E-state index in [2.05, 4.69) is 10.5 Å². The van der Waals surface area contributed by atoms with E-state index in [4.69, 9.17) is 4.84 Å². The van der Waals surface area contributed by atoms with Crippen LogP contribution in [-0.4, -0.2) is 17.7 Å². The number of carbonyl (C=O) groups is 1. The second-order valence-corrected chi connectivity index (χ2v) is 5.63. The summed E-state index contributed by atoms with van der Waals surface area (Å²) in [7, 11) is 0. The Balaban J connectivity index is 1.60. The van der Waals surface area contributed by atoms with Crippen molar-refractivity contribution in [2.45, 2.75) is 25.5 Å². The number of nitrogens with one attached hydrogen (secondary N) is 1. The van der Waals surface area contributed by atoms with Crippen molar-refractivity contribution >= 4 is 11.6 Å². The minimum atomic E-state index is -0.758. The lowest BCUT2D eigenvalue weighted by atomic mass is 10.0. The summed E-state index contributed by atoms with van der Waals surface area (Å²) in [5.74, 6) is -1.01. The Morgan fingerprint density at radius 2 is 1.96 bits per heavy atom. The fourth-order valence-corrected chi connectivity index (χ4v) is 2.50. The number of amides is 1. The van der Waals surface area contributed by atoms with Crippen molar-refractivity contribution < 1.29 is 18.4 Å². The van der Waals surface area contributed by atoms with E-state index in [0.717, 1.165) is 5.56 Å². The summed E-state index contributed by atoms with van der Waals surface area (Å²) in [4.78, 5) is 17.5. The summed E-state index contributed by atoms with van der Waals surface area (Å²) in [6.07, 6.45) is -0.489. The SMILES string of the molecule is C[C@H](NC(=O)[C@@H]1CC(c2cccc(F)c2)=NO1)c1ccc(F)cc1. The molecule has 2 aromatic carbocycles. The summed E-state index contributed by atoms with van der Waals surface area (Å²) in [5, 5.41) is 6.69. The van der Waals surface area contributed by atoms with Gasteiger partial charge >= 0.3 is 0 Å². The lowest BCUT2D eigenvalue weighted by Crippen LogP contribution is -2.36. The average Bonchev–Trinajstić information content (AvgIpc) is 3.05. The molecule has 0 bridgehead atoms. The van der Waals surface area contributed by atoms with Crippen LogP contribution in [0, 0.1) is 11.6 Å². The van der Waals surface area contributed by atoms with Gasteiger partial charge in [0.25, 0.3) is 5.91 Å². The number of hydrogen-bond acceptors (Lipinski definition) is 3. The minimum absolute atomic E-state index is 0.269. The smallest absolute Gasteiger partial charge is 0.264 e. The van der Waals surface area contributed by atoms with Gasteiger partial charge in [0.2, 0.25) is 6.10 Å². The molecule has 1 aliphatic rings. The fourth-order valence-electron chi connectivity index (χ4n) is 2.50. The lowest BCUT2D eigenvalue weighted by molar-refractivity contribution is -0.131. The van der Waals surface area contributed by atoms with E-state index < -0.39 is 6.10 Å². The Bertz CT molecular complexity index is 775. The molecular weight excluding hydrogens is 314 g/mol.